The van der Waals surface area contributed by atoms with Crippen LogP contribution in [0.15, 0.2) is 51.0 Å². The number of H-pyrrole nitrogens is 1. The largest absolute Gasteiger partial charge is 0.493 e. The van der Waals surface area contributed by atoms with Crippen LogP contribution in [0, 0.1) is 5.92 Å². The molecule has 1 fully saturated rings. The van der Waals surface area contributed by atoms with E-state index < -0.39 is 27.9 Å². The molecule has 2 aromatic rings. The van der Waals surface area contributed by atoms with Crippen LogP contribution >= 0.6 is 0 Å². The van der Waals surface area contributed by atoms with Crippen LogP contribution in [0.1, 0.15) is 39.5 Å². The van der Waals surface area contributed by atoms with Crippen LogP contribution in [0.25, 0.3) is 0 Å². The number of aromatic amines is 1. The molecule has 0 amide bonds. The Balaban J connectivity index is 1.36. The minimum absolute atomic E-state index is 0.0587. The predicted octanol–water partition coefficient (Wildman–Crippen LogP) is 2.10. The summed E-state index contributed by atoms with van der Waals surface area (Å²) in [6.45, 7) is 5.04. The summed E-state index contributed by atoms with van der Waals surface area (Å²) in [6, 6.07) is 8.39. The first-order valence-corrected chi connectivity index (χ1v) is 11.4. The van der Waals surface area contributed by atoms with Crippen LogP contribution in [0.5, 0.6) is 5.75 Å². The van der Waals surface area contributed by atoms with Crippen molar-refractivity contribution in [1.29, 1.82) is 0 Å². The normalized spacial score (nSPS) is 15.0. The average Bonchev–Trinajstić information content (AvgIpc) is 3.56. The molecule has 0 spiro atoms. The number of nitrogens with one attached hydrogen (secondary N) is 2. The highest BCUT2D eigenvalue weighted by atomic mass is 32.2. The van der Waals surface area contributed by atoms with Crippen LogP contribution < -0.4 is 21.5 Å². The number of ether oxygens (including phenoxy) is 2. The third kappa shape index (κ3) is 8.06. The van der Waals surface area contributed by atoms with Gasteiger partial charge < -0.3 is 9.47 Å². The molecule has 9 nitrogen and oxygen atoms in total. The van der Waals surface area contributed by atoms with Gasteiger partial charge in [0.05, 0.1) is 11.5 Å². The number of hydrogen-bond acceptors (Lipinski definition) is 7. The van der Waals surface area contributed by atoms with Gasteiger partial charge in [0, 0.05) is 24.4 Å². The van der Waals surface area contributed by atoms with E-state index in [1.165, 1.54) is 29.7 Å². The van der Waals surface area contributed by atoms with Gasteiger partial charge in [0.15, 0.2) is 0 Å². The number of hydrogen-bond donors (Lipinski definition) is 2. The number of rotatable bonds is 13. The summed E-state index contributed by atoms with van der Waals surface area (Å²) in [7, 11) is 0. The maximum atomic E-state index is 12.5. The van der Waals surface area contributed by atoms with Gasteiger partial charge in [-0.25, -0.2) is 9.00 Å². The van der Waals surface area contributed by atoms with Gasteiger partial charge in [-0.3, -0.25) is 14.3 Å². The minimum atomic E-state index is -1.67. The standard InChI is InChI=1S/C21H29N3O6S/c1-21(2,10-4-12-28-15-24-11-9-19(25)22-20(24)26)23-30-31(27)18-6-3-5-17(13-18)29-14-16-7-8-16/h3,5-6,9,11,13,16,23H,4,7-8,10,12,14-15H2,1-2H3,(H,22,25,26). The average molecular weight is 452 g/mol. The first kappa shape index (κ1) is 23.4. The van der Waals surface area contributed by atoms with Gasteiger partial charge in [0.1, 0.15) is 12.5 Å². The van der Waals surface area contributed by atoms with Crippen molar-refractivity contribution in [2.75, 3.05) is 13.2 Å². The monoisotopic (exact) mass is 451 g/mol. The molecule has 0 aliphatic heterocycles. The molecule has 170 valence electrons. The molecule has 10 heteroatoms. The van der Waals surface area contributed by atoms with Gasteiger partial charge in [-0.1, -0.05) is 6.07 Å². The molecule has 0 radical (unpaired) electrons. The van der Waals surface area contributed by atoms with Gasteiger partial charge in [-0.2, -0.15) is 9.76 Å². The Morgan fingerprint density at radius 2 is 2.06 bits per heavy atom. The highest BCUT2D eigenvalue weighted by Crippen LogP contribution is 2.29. The van der Waals surface area contributed by atoms with E-state index in [4.69, 9.17) is 13.8 Å². The third-order valence-corrected chi connectivity index (χ3v) is 5.67. The molecule has 1 atom stereocenters. The molecule has 1 saturated carbocycles. The van der Waals surface area contributed by atoms with E-state index in [1.807, 2.05) is 19.9 Å². The van der Waals surface area contributed by atoms with Gasteiger partial charge in [0.25, 0.3) is 5.56 Å². The maximum absolute atomic E-state index is 12.5. The smallest absolute Gasteiger partial charge is 0.330 e. The van der Waals surface area contributed by atoms with E-state index in [2.05, 4.69) is 10.5 Å². The Morgan fingerprint density at radius 1 is 1.26 bits per heavy atom. The van der Waals surface area contributed by atoms with E-state index in [-0.39, 0.29) is 6.73 Å². The van der Waals surface area contributed by atoms with E-state index >= 15 is 0 Å². The maximum Gasteiger partial charge on any atom is 0.330 e. The molecule has 3 rings (SSSR count). The second kappa shape index (κ2) is 10.9. The van der Waals surface area contributed by atoms with Gasteiger partial charge in [-0.15, -0.1) is 0 Å². The van der Waals surface area contributed by atoms with E-state index in [1.54, 1.807) is 18.2 Å². The number of hydroxylamine groups is 1. The quantitative estimate of drug-likeness (QED) is 0.354. The summed E-state index contributed by atoms with van der Waals surface area (Å²) in [5.74, 6) is 1.34. The van der Waals surface area contributed by atoms with Gasteiger partial charge in [0.2, 0.25) is 11.1 Å². The van der Waals surface area contributed by atoms with Crippen molar-refractivity contribution in [1.82, 2.24) is 15.0 Å². The Hall–Kier alpha value is -2.27. The SMILES string of the molecule is CC(C)(CCCOCn1ccc(=O)[nH]c1=O)NOS(=O)c1cccc(OCC2CC2)c1. The summed E-state index contributed by atoms with van der Waals surface area (Å²) in [5.41, 5.74) is 1.49. The van der Waals surface area contributed by atoms with Crippen LogP contribution in [0.3, 0.4) is 0 Å². The topological polar surface area (TPSA) is 112 Å². The van der Waals surface area contributed by atoms with Crippen molar-refractivity contribution in [3.05, 3.63) is 57.4 Å². The van der Waals surface area contributed by atoms with Crippen molar-refractivity contribution < 1.29 is 18.0 Å². The Morgan fingerprint density at radius 3 is 2.81 bits per heavy atom. The second-order valence-electron chi connectivity index (χ2n) is 8.25. The Bertz CT molecular complexity index is 999. The molecule has 1 aliphatic carbocycles. The lowest BCUT2D eigenvalue weighted by Crippen LogP contribution is -2.39. The molecule has 1 aliphatic rings. The molecule has 0 saturated heterocycles. The van der Waals surface area contributed by atoms with E-state index in [0.717, 1.165) is 0 Å². The lowest BCUT2D eigenvalue weighted by atomic mass is 10.0. The van der Waals surface area contributed by atoms with Crippen LogP contribution in [0.2, 0.25) is 0 Å². The van der Waals surface area contributed by atoms with Crippen molar-refractivity contribution in [2.45, 2.75) is 56.7 Å². The first-order chi connectivity index (χ1) is 14.8. The van der Waals surface area contributed by atoms with E-state index in [9.17, 15) is 13.8 Å². The molecule has 2 N–H and O–H groups in total. The third-order valence-electron chi connectivity index (χ3n) is 4.79. The van der Waals surface area contributed by atoms with Crippen LogP contribution in [-0.4, -0.2) is 32.5 Å². The fourth-order valence-corrected chi connectivity index (χ4v) is 3.54. The lowest BCUT2D eigenvalue weighted by Gasteiger charge is -2.24. The van der Waals surface area contributed by atoms with Crippen molar-refractivity contribution in [2.24, 2.45) is 5.92 Å². The Labute approximate surface area is 183 Å². The van der Waals surface area contributed by atoms with Crippen molar-refractivity contribution >= 4 is 11.1 Å². The summed E-state index contributed by atoms with van der Waals surface area (Å²) >= 11 is -1.67. The number of benzene rings is 1. The molecule has 0 bridgehead atoms. The van der Waals surface area contributed by atoms with Gasteiger partial charge >= 0.3 is 5.69 Å². The summed E-state index contributed by atoms with van der Waals surface area (Å²) in [6.07, 6.45) is 5.20. The molecule has 1 aromatic carbocycles. The Kier molecular flexibility index (Phi) is 8.19. The predicted molar refractivity (Wildman–Crippen MR) is 116 cm³/mol. The zero-order chi connectivity index (χ0) is 22.3. The minimum Gasteiger partial charge on any atom is -0.493 e. The fourth-order valence-electron chi connectivity index (χ4n) is 2.74. The van der Waals surface area contributed by atoms with E-state index in [0.29, 0.717) is 42.6 Å². The highest BCUT2D eigenvalue weighted by molar-refractivity contribution is 7.80. The molecule has 1 aromatic heterocycles. The highest BCUT2D eigenvalue weighted by Gasteiger charge is 2.22. The second-order valence-corrected chi connectivity index (χ2v) is 9.36. The molecular formula is C21H29N3O6S. The summed E-state index contributed by atoms with van der Waals surface area (Å²) < 4.78 is 30.3. The molecule has 1 unspecified atom stereocenters. The zero-order valence-corrected chi connectivity index (χ0v) is 18.6. The number of nitrogens with zero attached hydrogens (tertiary/aromatic N) is 1. The van der Waals surface area contributed by atoms with Crippen LogP contribution in [-0.2, 0) is 26.8 Å². The fraction of sp³-hybridized carbons (Fsp3) is 0.524. The summed E-state index contributed by atoms with van der Waals surface area (Å²) in [5, 5.41) is 0. The van der Waals surface area contributed by atoms with Crippen molar-refractivity contribution in [3.63, 3.8) is 0 Å². The van der Waals surface area contributed by atoms with Crippen LogP contribution in [0.4, 0.5) is 0 Å². The molecule has 1 heterocycles. The zero-order valence-electron chi connectivity index (χ0n) is 17.8. The summed E-state index contributed by atoms with van der Waals surface area (Å²) in [4.78, 5) is 25.3. The van der Waals surface area contributed by atoms with Gasteiger partial charge in [-0.05, 0) is 63.6 Å². The first-order valence-electron chi connectivity index (χ1n) is 10.3. The number of aromatic nitrogens is 2. The lowest BCUT2D eigenvalue weighted by molar-refractivity contribution is 0.0582. The molecular weight excluding hydrogens is 422 g/mol. The van der Waals surface area contributed by atoms with Crippen molar-refractivity contribution in [3.8, 4) is 5.75 Å². The molecule has 31 heavy (non-hydrogen) atoms.